The molecule has 1 aromatic carbocycles. The van der Waals surface area contributed by atoms with E-state index in [0.717, 1.165) is 48.5 Å². The van der Waals surface area contributed by atoms with Crippen LogP contribution in [0.1, 0.15) is 24.9 Å². The lowest BCUT2D eigenvalue weighted by atomic mass is 10.0. The molecular weight excluding hydrogens is 392 g/mol. The fourth-order valence-corrected chi connectivity index (χ4v) is 3.50. The van der Waals surface area contributed by atoms with Crippen molar-refractivity contribution in [2.24, 2.45) is 0 Å². The predicted molar refractivity (Wildman–Crippen MR) is 108 cm³/mol. The van der Waals surface area contributed by atoms with Crippen molar-refractivity contribution in [2.45, 2.75) is 19.4 Å². The van der Waals surface area contributed by atoms with E-state index in [0.29, 0.717) is 6.54 Å². The summed E-state index contributed by atoms with van der Waals surface area (Å²) in [6, 6.07) is 14.2. The summed E-state index contributed by atoms with van der Waals surface area (Å²) in [5, 5.41) is 3.17. The molecule has 1 saturated heterocycles. The first kappa shape index (κ1) is 18.9. The molecule has 3 rings (SSSR count). The summed E-state index contributed by atoms with van der Waals surface area (Å²) < 4.78 is 1.05. The fraction of sp³-hybridized carbons (Fsp3) is 0.400. The Morgan fingerprint density at radius 1 is 1.15 bits per heavy atom. The summed E-state index contributed by atoms with van der Waals surface area (Å²) in [7, 11) is 0. The molecule has 5 nitrogen and oxygen atoms in total. The number of aromatic nitrogens is 1. The molecule has 2 heterocycles. The molecule has 0 saturated carbocycles. The summed E-state index contributed by atoms with van der Waals surface area (Å²) in [4.78, 5) is 21.4. The minimum absolute atomic E-state index is 0.0606. The normalized spacial score (nSPS) is 16.3. The topological polar surface area (TPSA) is 48.5 Å². The highest BCUT2D eigenvalue weighted by Gasteiger charge is 2.21. The average Bonchev–Trinajstić information content (AvgIpc) is 2.68. The first-order valence-corrected chi connectivity index (χ1v) is 9.88. The molecule has 1 N–H and O–H groups in total. The monoisotopic (exact) mass is 416 g/mol. The maximum absolute atomic E-state index is 12.5. The van der Waals surface area contributed by atoms with Crippen LogP contribution in [0, 0.1) is 0 Å². The number of rotatable bonds is 6. The molecule has 0 bridgehead atoms. The van der Waals surface area contributed by atoms with Gasteiger partial charge >= 0.3 is 0 Å². The van der Waals surface area contributed by atoms with E-state index in [-0.39, 0.29) is 11.9 Å². The summed E-state index contributed by atoms with van der Waals surface area (Å²) in [6.07, 6.45) is 2.70. The van der Waals surface area contributed by atoms with Crippen LogP contribution < -0.4 is 10.2 Å². The van der Waals surface area contributed by atoms with Gasteiger partial charge in [-0.3, -0.25) is 9.69 Å². The molecule has 1 aliphatic rings. The Labute approximate surface area is 163 Å². The van der Waals surface area contributed by atoms with E-state index in [9.17, 15) is 4.79 Å². The number of piperazine rings is 1. The van der Waals surface area contributed by atoms with E-state index in [1.54, 1.807) is 0 Å². The SMILES string of the molecule is CC[C@@H](NC(=O)CN1CCN(c2ccccn2)CC1)c1ccc(Br)cc1. The molecule has 138 valence electrons. The number of amides is 1. The van der Waals surface area contributed by atoms with Crippen molar-refractivity contribution in [3.8, 4) is 0 Å². The Balaban J connectivity index is 1.48. The van der Waals surface area contributed by atoms with Crippen molar-refractivity contribution in [2.75, 3.05) is 37.6 Å². The van der Waals surface area contributed by atoms with E-state index in [1.807, 2.05) is 36.5 Å². The highest BCUT2D eigenvalue weighted by molar-refractivity contribution is 9.10. The van der Waals surface area contributed by atoms with Crippen molar-refractivity contribution in [3.63, 3.8) is 0 Å². The van der Waals surface area contributed by atoms with Gasteiger partial charge in [0, 0.05) is 36.8 Å². The van der Waals surface area contributed by atoms with Crippen LogP contribution in [0.25, 0.3) is 0 Å². The van der Waals surface area contributed by atoms with Gasteiger partial charge in [0.05, 0.1) is 12.6 Å². The van der Waals surface area contributed by atoms with E-state index in [1.165, 1.54) is 0 Å². The number of carbonyl (C=O) groups is 1. The Kier molecular flexibility index (Phi) is 6.63. The highest BCUT2D eigenvalue weighted by atomic mass is 79.9. The lowest BCUT2D eigenvalue weighted by molar-refractivity contribution is -0.123. The Morgan fingerprint density at radius 3 is 2.50 bits per heavy atom. The van der Waals surface area contributed by atoms with Crippen LogP contribution in [-0.2, 0) is 4.79 Å². The Morgan fingerprint density at radius 2 is 1.88 bits per heavy atom. The molecular formula is C20H25BrN4O. The number of nitrogens with one attached hydrogen (secondary N) is 1. The Bertz CT molecular complexity index is 700. The second-order valence-electron chi connectivity index (χ2n) is 6.53. The van der Waals surface area contributed by atoms with Crippen molar-refractivity contribution >= 4 is 27.7 Å². The van der Waals surface area contributed by atoms with Gasteiger partial charge in [0.25, 0.3) is 0 Å². The van der Waals surface area contributed by atoms with Gasteiger partial charge in [-0.25, -0.2) is 4.98 Å². The van der Waals surface area contributed by atoms with Gasteiger partial charge < -0.3 is 10.2 Å². The van der Waals surface area contributed by atoms with E-state index in [2.05, 4.69) is 55.1 Å². The first-order chi connectivity index (χ1) is 12.7. The molecule has 1 atom stereocenters. The number of carbonyl (C=O) groups excluding carboxylic acids is 1. The van der Waals surface area contributed by atoms with Gasteiger partial charge in [0.2, 0.25) is 5.91 Å². The molecule has 1 aromatic heterocycles. The van der Waals surface area contributed by atoms with Crippen LogP contribution in [0.15, 0.2) is 53.1 Å². The standard InChI is InChI=1S/C20H25BrN4O/c1-2-18(16-6-8-17(21)9-7-16)23-20(26)15-24-11-13-25(14-12-24)19-5-3-4-10-22-19/h3-10,18H,2,11-15H2,1H3,(H,23,26)/t18-/m1/s1. The van der Waals surface area contributed by atoms with Gasteiger partial charge in [-0.15, -0.1) is 0 Å². The van der Waals surface area contributed by atoms with Crippen molar-refractivity contribution < 1.29 is 4.79 Å². The maximum Gasteiger partial charge on any atom is 0.234 e. The van der Waals surface area contributed by atoms with Crippen LogP contribution in [0.3, 0.4) is 0 Å². The lowest BCUT2D eigenvalue weighted by Crippen LogP contribution is -2.50. The van der Waals surface area contributed by atoms with Crippen LogP contribution in [0.2, 0.25) is 0 Å². The summed E-state index contributed by atoms with van der Waals surface area (Å²) >= 11 is 3.45. The smallest absolute Gasteiger partial charge is 0.234 e. The number of halogens is 1. The molecule has 1 fully saturated rings. The minimum Gasteiger partial charge on any atom is -0.354 e. The molecule has 2 aromatic rings. The summed E-state index contributed by atoms with van der Waals surface area (Å²) in [5.74, 6) is 1.10. The number of nitrogens with zero attached hydrogens (tertiary/aromatic N) is 3. The van der Waals surface area contributed by atoms with E-state index >= 15 is 0 Å². The largest absolute Gasteiger partial charge is 0.354 e. The van der Waals surface area contributed by atoms with Crippen LogP contribution in [0.4, 0.5) is 5.82 Å². The zero-order chi connectivity index (χ0) is 18.4. The van der Waals surface area contributed by atoms with Gasteiger partial charge in [0.15, 0.2) is 0 Å². The molecule has 0 spiro atoms. The van der Waals surface area contributed by atoms with Crippen molar-refractivity contribution in [1.29, 1.82) is 0 Å². The Hall–Kier alpha value is -1.92. The van der Waals surface area contributed by atoms with Gasteiger partial charge in [-0.05, 0) is 36.2 Å². The molecule has 1 aliphatic heterocycles. The van der Waals surface area contributed by atoms with Gasteiger partial charge in [-0.1, -0.05) is 41.1 Å². The van der Waals surface area contributed by atoms with Crippen LogP contribution in [0.5, 0.6) is 0 Å². The van der Waals surface area contributed by atoms with Gasteiger partial charge in [-0.2, -0.15) is 0 Å². The minimum atomic E-state index is 0.0606. The van der Waals surface area contributed by atoms with Gasteiger partial charge in [0.1, 0.15) is 5.82 Å². The zero-order valence-electron chi connectivity index (χ0n) is 15.1. The second-order valence-corrected chi connectivity index (χ2v) is 7.45. The third kappa shape index (κ3) is 5.05. The number of hydrogen-bond donors (Lipinski definition) is 1. The molecule has 0 aliphatic carbocycles. The quantitative estimate of drug-likeness (QED) is 0.784. The molecule has 6 heteroatoms. The summed E-state index contributed by atoms with van der Waals surface area (Å²) in [6.45, 7) is 6.09. The highest BCUT2D eigenvalue weighted by Crippen LogP contribution is 2.19. The predicted octanol–water partition coefficient (Wildman–Crippen LogP) is 3.23. The number of anilines is 1. The van der Waals surface area contributed by atoms with Crippen molar-refractivity contribution in [3.05, 3.63) is 58.7 Å². The number of benzene rings is 1. The third-order valence-electron chi connectivity index (χ3n) is 4.73. The molecule has 1 amide bonds. The maximum atomic E-state index is 12.5. The number of pyridine rings is 1. The van der Waals surface area contributed by atoms with Crippen LogP contribution in [-0.4, -0.2) is 48.5 Å². The first-order valence-electron chi connectivity index (χ1n) is 9.09. The average molecular weight is 417 g/mol. The molecule has 0 unspecified atom stereocenters. The van der Waals surface area contributed by atoms with E-state index in [4.69, 9.17) is 0 Å². The van der Waals surface area contributed by atoms with Crippen molar-refractivity contribution in [1.82, 2.24) is 15.2 Å². The second kappa shape index (κ2) is 9.14. The summed E-state index contributed by atoms with van der Waals surface area (Å²) in [5.41, 5.74) is 1.14. The molecule has 0 radical (unpaired) electrons. The third-order valence-corrected chi connectivity index (χ3v) is 5.26. The number of hydrogen-bond acceptors (Lipinski definition) is 4. The fourth-order valence-electron chi connectivity index (χ4n) is 3.24. The molecule has 26 heavy (non-hydrogen) atoms. The zero-order valence-corrected chi connectivity index (χ0v) is 16.7. The van der Waals surface area contributed by atoms with Crippen LogP contribution >= 0.6 is 15.9 Å². The van der Waals surface area contributed by atoms with E-state index < -0.39 is 0 Å². The lowest BCUT2D eigenvalue weighted by Gasteiger charge is -2.35.